The predicted molar refractivity (Wildman–Crippen MR) is 55.0 cm³/mol. The van der Waals surface area contributed by atoms with Crippen LogP contribution >= 0.6 is 25.3 Å². The van der Waals surface area contributed by atoms with Crippen LogP contribution in [0.15, 0.2) is 12.7 Å². The van der Waals surface area contributed by atoms with Gasteiger partial charge in [0.15, 0.2) is 0 Å². The number of hydrogen-bond donors (Lipinski definition) is 2. The van der Waals surface area contributed by atoms with E-state index >= 15 is 0 Å². The van der Waals surface area contributed by atoms with Crippen LogP contribution in [-0.4, -0.2) is 4.08 Å². The van der Waals surface area contributed by atoms with Gasteiger partial charge in [0.2, 0.25) is 0 Å². The zero-order chi connectivity index (χ0) is 8.04. The minimum absolute atomic E-state index is 0.255. The average Bonchev–Trinajstić information content (AvgIpc) is 1.89. The van der Waals surface area contributed by atoms with E-state index < -0.39 is 0 Å². The second-order valence-corrected chi connectivity index (χ2v) is 4.49. The second kappa shape index (κ2) is 5.14. The van der Waals surface area contributed by atoms with Gasteiger partial charge in [-0.05, 0) is 6.42 Å². The van der Waals surface area contributed by atoms with E-state index in [2.05, 4.69) is 38.8 Å². The van der Waals surface area contributed by atoms with Gasteiger partial charge in [0.25, 0.3) is 0 Å². The summed E-state index contributed by atoms with van der Waals surface area (Å²) in [5, 5.41) is 0. The van der Waals surface area contributed by atoms with E-state index in [1.54, 1.807) is 6.08 Å². The van der Waals surface area contributed by atoms with Crippen molar-refractivity contribution in [1.29, 1.82) is 0 Å². The number of unbranched alkanes of at least 4 members (excludes halogenated alkanes) is 2. The van der Waals surface area contributed by atoms with Gasteiger partial charge in [-0.15, -0.1) is 6.58 Å². The van der Waals surface area contributed by atoms with Gasteiger partial charge in [0.1, 0.15) is 0 Å². The van der Waals surface area contributed by atoms with Crippen LogP contribution in [0, 0.1) is 0 Å². The van der Waals surface area contributed by atoms with Crippen molar-refractivity contribution in [2.75, 3.05) is 0 Å². The van der Waals surface area contributed by atoms with Crippen LogP contribution in [0.3, 0.4) is 0 Å². The summed E-state index contributed by atoms with van der Waals surface area (Å²) < 4.78 is -0.255. The Morgan fingerprint density at radius 1 is 1.40 bits per heavy atom. The molecule has 0 amide bonds. The van der Waals surface area contributed by atoms with Crippen molar-refractivity contribution in [1.82, 2.24) is 0 Å². The molecule has 0 rings (SSSR count). The van der Waals surface area contributed by atoms with E-state index in [1.165, 1.54) is 19.3 Å². The first-order chi connectivity index (χ1) is 4.62. The SMILES string of the molecule is C=CC(S)(S)CCCCC. The molecule has 0 fully saturated rings. The summed E-state index contributed by atoms with van der Waals surface area (Å²) in [5.74, 6) is 0. The maximum atomic E-state index is 4.31. The van der Waals surface area contributed by atoms with Gasteiger partial charge in [0, 0.05) is 0 Å². The molecule has 0 saturated heterocycles. The van der Waals surface area contributed by atoms with Crippen molar-refractivity contribution in [2.24, 2.45) is 0 Å². The standard InChI is InChI=1S/C8H16S2/c1-3-5-6-7-8(9,10)4-2/h4,9-10H,2-3,5-7H2,1H3. The highest BCUT2D eigenvalue weighted by Crippen LogP contribution is 2.27. The lowest BCUT2D eigenvalue weighted by Crippen LogP contribution is -2.07. The van der Waals surface area contributed by atoms with Gasteiger partial charge in [0.05, 0.1) is 4.08 Å². The van der Waals surface area contributed by atoms with Gasteiger partial charge < -0.3 is 0 Å². The molecule has 0 saturated carbocycles. The molecule has 0 heterocycles. The summed E-state index contributed by atoms with van der Waals surface area (Å²) in [6.45, 7) is 5.85. The fraction of sp³-hybridized carbons (Fsp3) is 0.750. The predicted octanol–water partition coefficient (Wildman–Crippen LogP) is 3.31. The Balaban J connectivity index is 3.37. The third kappa shape index (κ3) is 5.24. The number of hydrogen-bond acceptors (Lipinski definition) is 2. The van der Waals surface area contributed by atoms with Crippen LogP contribution < -0.4 is 0 Å². The fourth-order valence-corrected chi connectivity index (χ4v) is 1.05. The summed E-state index contributed by atoms with van der Waals surface area (Å²) in [5.41, 5.74) is 0. The quantitative estimate of drug-likeness (QED) is 0.273. The first kappa shape index (κ1) is 10.4. The molecular weight excluding hydrogens is 160 g/mol. The van der Waals surface area contributed by atoms with E-state index in [-0.39, 0.29) is 4.08 Å². The molecule has 0 bridgehead atoms. The summed E-state index contributed by atoms with van der Waals surface area (Å²) in [6, 6.07) is 0. The fourth-order valence-electron chi connectivity index (χ4n) is 0.737. The maximum Gasteiger partial charge on any atom is 0.0730 e. The zero-order valence-electron chi connectivity index (χ0n) is 6.51. The van der Waals surface area contributed by atoms with Crippen LogP contribution in [0.1, 0.15) is 32.6 Å². The largest absolute Gasteiger partial charge is 0.158 e. The second-order valence-electron chi connectivity index (χ2n) is 2.54. The molecule has 0 atom stereocenters. The molecule has 0 spiro atoms. The molecule has 0 aromatic carbocycles. The number of thiol groups is 2. The summed E-state index contributed by atoms with van der Waals surface area (Å²) in [6.07, 6.45) is 6.49. The van der Waals surface area contributed by atoms with Crippen molar-refractivity contribution in [3.05, 3.63) is 12.7 Å². The molecule has 0 aromatic rings. The zero-order valence-corrected chi connectivity index (χ0v) is 8.30. The van der Waals surface area contributed by atoms with Crippen molar-refractivity contribution < 1.29 is 0 Å². The van der Waals surface area contributed by atoms with Crippen LogP contribution in [0.2, 0.25) is 0 Å². The highest BCUT2D eigenvalue weighted by Gasteiger charge is 2.13. The molecule has 10 heavy (non-hydrogen) atoms. The lowest BCUT2D eigenvalue weighted by Gasteiger charge is -2.16. The van der Waals surface area contributed by atoms with Crippen molar-refractivity contribution >= 4 is 25.3 Å². The summed E-state index contributed by atoms with van der Waals surface area (Å²) >= 11 is 8.61. The van der Waals surface area contributed by atoms with E-state index in [0.717, 1.165) is 6.42 Å². The Hall–Kier alpha value is 0.440. The Bertz CT molecular complexity index is 97.4. The summed E-state index contributed by atoms with van der Waals surface area (Å²) in [7, 11) is 0. The monoisotopic (exact) mass is 176 g/mol. The smallest absolute Gasteiger partial charge is 0.0730 e. The minimum atomic E-state index is -0.255. The highest BCUT2D eigenvalue weighted by molar-refractivity contribution is 8.00. The maximum absolute atomic E-state index is 4.31. The first-order valence-electron chi connectivity index (χ1n) is 3.70. The molecule has 0 radical (unpaired) electrons. The van der Waals surface area contributed by atoms with Crippen molar-refractivity contribution in [2.45, 2.75) is 36.7 Å². The summed E-state index contributed by atoms with van der Waals surface area (Å²) in [4.78, 5) is 0. The van der Waals surface area contributed by atoms with Gasteiger partial charge in [-0.3, -0.25) is 0 Å². The van der Waals surface area contributed by atoms with E-state index in [9.17, 15) is 0 Å². The molecule has 0 N–H and O–H groups in total. The van der Waals surface area contributed by atoms with Crippen molar-refractivity contribution in [3.8, 4) is 0 Å². The molecule has 2 heteroatoms. The van der Waals surface area contributed by atoms with E-state index in [0.29, 0.717) is 0 Å². The van der Waals surface area contributed by atoms with Crippen molar-refractivity contribution in [3.63, 3.8) is 0 Å². The van der Waals surface area contributed by atoms with E-state index in [4.69, 9.17) is 0 Å². The van der Waals surface area contributed by atoms with Gasteiger partial charge >= 0.3 is 0 Å². The van der Waals surface area contributed by atoms with Crippen LogP contribution in [0.25, 0.3) is 0 Å². The Morgan fingerprint density at radius 3 is 2.40 bits per heavy atom. The molecule has 0 aromatic heterocycles. The lowest BCUT2D eigenvalue weighted by molar-refractivity contribution is 0.669. The molecule has 0 unspecified atom stereocenters. The topological polar surface area (TPSA) is 0 Å². The lowest BCUT2D eigenvalue weighted by atomic mass is 10.1. The Kier molecular flexibility index (Phi) is 5.36. The van der Waals surface area contributed by atoms with Gasteiger partial charge in [-0.1, -0.05) is 32.3 Å². The Labute approximate surface area is 74.9 Å². The minimum Gasteiger partial charge on any atom is -0.158 e. The molecule has 0 nitrogen and oxygen atoms in total. The molecule has 60 valence electrons. The van der Waals surface area contributed by atoms with E-state index in [1.807, 2.05) is 0 Å². The van der Waals surface area contributed by atoms with Crippen LogP contribution in [0.4, 0.5) is 0 Å². The number of rotatable bonds is 5. The van der Waals surface area contributed by atoms with Crippen LogP contribution in [-0.2, 0) is 0 Å². The molecule has 0 aliphatic carbocycles. The third-order valence-electron chi connectivity index (χ3n) is 1.48. The third-order valence-corrected chi connectivity index (χ3v) is 2.29. The average molecular weight is 176 g/mol. The van der Waals surface area contributed by atoms with Crippen LogP contribution in [0.5, 0.6) is 0 Å². The normalized spacial score (nSPS) is 11.5. The first-order valence-corrected chi connectivity index (χ1v) is 4.60. The highest BCUT2D eigenvalue weighted by atomic mass is 32.2. The van der Waals surface area contributed by atoms with Gasteiger partial charge in [-0.25, -0.2) is 0 Å². The molecular formula is C8H16S2. The molecule has 0 aliphatic rings. The molecule has 0 aliphatic heterocycles. The van der Waals surface area contributed by atoms with Gasteiger partial charge in [-0.2, -0.15) is 25.3 Å². The Morgan fingerprint density at radius 2 is 2.00 bits per heavy atom.